The van der Waals surface area contributed by atoms with Gasteiger partial charge in [0.1, 0.15) is 6.33 Å². The van der Waals surface area contributed by atoms with E-state index in [1.807, 2.05) is 0 Å². The Morgan fingerprint density at radius 2 is 1.17 bits per heavy atom. The van der Waals surface area contributed by atoms with Crippen molar-refractivity contribution in [2.24, 2.45) is 0 Å². The molecule has 0 amide bonds. The molecule has 0 bridgehead atoms. The van der Waals surface area contributed by atoms with Gasteiger partial charge in [-0.2, -0.15) is 21.8 Å². The molecule has 15 nitrogen and oxygen atoms in total. The SMILES string of the molecule is COc1ncnc(N(S(=O)(=O)c2ccc([N+](=O)[O-])cc2)S(=O)(=O)c2ccc([N+](=O)[O-])cc2)c1OC. The van der Waals surface area contributed by atoms with E-state index >= 15 is 0 Å². The van der Waals surface area contributed by atoms with Crippen molar-refractivity contribution in [3.8, 4) is 11.6 Å². The van der Waals surface area contributed by atoms with Gasteiger partial charge in [0.25, 0.3) is 37.3 Å². The van der Waals surface area contributed by atoms with Crippen LogP contribution in [-0.4, -0.2) is 50.9 Å². The van der Waals surface area contributed by atoms with Crippen LogP contribution in [0, 0.1) is 20.2 Å². The molecule has 0 fully saturated rings. The molecule has 2 aromatic carbocycles. The number of methoxy groups -OCH3 is 2. The van der Waals surface area contributed by atoms with E-state index in [0.717, 1.165) is 62.0 Å². The first-order valence-electron chi connectivity index (χ1n) is 9.17. The fraction of sp³-hybridized carbons (Fsp3) is 0.111. The van der Waals surface area contributed by atoms with Crippen LogP contribution < -0.4 is 13.2 Å². The topological polar surface area (TPSA) is 202 Å². The Balaban J connectivity index is 2.31. The molecule has 1 aromatic heterocycles. The van der Waals surface area contributed by atoms with Gasteiger partial charge in [-0.25, -0.2) is 4.98 Å². The highest BCUT2D eigenvalue weighted by molar-refractivity contribution is 8.10. The molecule has 0 aliphatic carbocycles. The molecule has 35 heavy (non-hydrogen) atoms. The lowest BCUT2D eigenvalue weighted by atomic mass is 10.3. The molecular weight excluding hydrogens is 510 g/mol. The van der Waals surface area contributed by atoms with Crippen molar-refractivity contribution in [3.05, 3.63) is 75.1 Å². The molecule has 0 unspecified atom stereocenters. The number of rotatable bonds is 9. The Labute approximate surface area is 198 Å². The molecule has 17 heteroatoms. The van der Waals surface area contributed by atoms with Gasteiger partial charge in [0.05, 0.1) is 33.9 Å². The first kappa shape index (κ1) is 25.2. The third-order valence-corrected chi connectivity index (χ3v) is 8.58. The summed E-state index contributed by atoms with van der Waals surface area (Å²) < 4.78 is 64.4. The zero-order valence-corrected chi connectivity index (χ0v) is 19.5. The van der Waals surface area contributed by atoms with Crippen LogP contribution in [0.15, 0.2) is 64.6 Å². The van der Waals surface area contributed by atoms with Crippen molar-refractivity contribution in [2.75, 3.05) is 17.9 Å². The monoisotopic (exact) mass is 525 g/mol. The number of non-ortho nitro benzene ring substituents is 2. The van der Waals surface area contributed by atoms with Crippen LogP contribution in [0.25, 0.3) is 0 Å². The molecule has 0 aliphatic heterocycles. The molecule has 0 N–H and O–H groups in total. The van der Waals surface area contributed by atoms with Crippen LogP contribution in [0.3, 0.4) is 0 Å². The Hall–Kier alpha value is -4.38. The number of nitrogens with zero attached hydrogens (tertiary/aromatic N) is 5. The van der Waals surface area contributed by atoms with E-state index < -0.39 is 62.6 Å². The summed E-state index contributed by atoms with van der Waals surface area (Å²) in [4.78, 5) is 26.6. The van der Waals surface area contributed by atoms with Gasteiger partial charge in [-0.15, -0.1) is 3.71 Å². The Kier molecular flexibility index (Phi) is 6.83. The molecule has 3 rings (SSSR count). The molecule has 0 radical (unpaired) electrons. The molecule has 0 aliphatic rings. The standard InChI is InChI=1S/C18H15N5O10S2/c1-32-16-17(19-11-20-18(16)33-2)23(34(28,29)14-7-3-12(4-8-14)21(24)25)35(30,31)15-9-5-13(6-10-15)22(26)27/h3-11H,1-2H3. The maximum atomic E-state index is 13.6. The minimum absolute atomic E-state index is 0.0641. The van der Waals surface area contributed by atoms with Crippen LogP contribution in [0.1, 0.15) is 0 Å². The summed E-state index contributed by atoms with van der Waals surface area (Å²) in [5.74, 6) is -1.50. The number of nitro benzene ring substituents is 2. The molecule has 0 saturated carbocycles. The van der Waals surface area contributed by atoms with Crippen molar-refractivity contribution in [1.82, 2.24) is 9.97 Å². The number of ether oxygens (including phenoxy) is 2. The number of benzene rings is 2. The van der Waals surface area contributed by atoms with Crippen molar-refractivity contribution < 1.29 is 36.2 Å². The molecule has 1 heterocycles. The zero-order chi connectivity index (χ0) is 26.0. The first-order valence-corrected chi connectivity index (χ1v) is 12.1. The lowest BCUT2D eigenvalue weighted by Crippen LogP contribution is -2.38. The summed E-state index contributed by atoms with van der Waals surface area (Å²) in [6.45, 7) is 0. The second kappa shape index (κ2) is 9.47. The molecule has 0 atom stereocenters. The predicted molar refractivity (Wildman–Crippen MR) is 118 cm³/mol. The number of hydrogen-bond acceptors (Lipinski definition) is 12. The number of sulfonamides is 2. The summed E-state index contributed by atoms with van der Waals surface area (Å²) in [7, 11) is -7.77. The van der Waals surface area contributed by atoms with Gasteiger partial charge in [0.15, 0.2) is 0 Å². The van der Waals surface area contributed by atoms with Gasteiger partial charge < -0.3 is 9.47 Å². The zero-order valence-electron chi connectivity index (χ0n) is 17.8. The molecular formula is C18H15N5O10S2. The van der Waals surface area contributed by atoms with Crippen molar-refractivity contribution in [3.63, 3.8) is 0 Å². The first-order chi connectivity index (χ1) is 16.4. The van der Waals surface area contributed by atoms with E-state index in [0.29, 0.717) is 0 Å². The number of hydrogen-bond donors (Lipinski definition) is 0. The minimum Gasteiger partial charge on any atom is -0.489 e. The highest BCUT2D eigenvalue weighted by atomic mass is 32.3. The third-order valence-electron chi connectivity index (χ3n) is 4.45. The number of anilines is 1. The minimum atomic E-state index is -5.02. The second-order valence-corrected chi connectivity index (χ2v) is 10.3. The summed E-state index contributed by atoms with van der Waals surface area (Å²) >= 11 is 0. The maximum Gasteiger partial charge on any atom is 0.279 e. The van der Waals surface area contributed by atoms with Crippen molar-refractivity contribution >= 4 is 37.2 Å². The van der Waals surface area contributed by atoms with Crippen molar-refractivity contribution in [2.45, 2.75) is 9.79 Å². The van der Waals surface area contributed by atoms with Gasteiger partial charge in [0.2, 0.25) is 11.6 Å². The van der Waals surface area contributed by atoms with Crippen LogP contribution in [0.4, 0.5) is 17.2 Å². The summed E-state index contributed by atoms with van der Waals surface area (Å²) in [5.41, 5.74) is -0.870. The highest BCUT2D eigenvalue weighted by Gasteiger charge is 2.41. The average molecular weight is 525 g/mol. The Bertz CT molecular complexity index is 1400. The lowest BCUT2D eigenvalue weighted by molar-refractivity contribution is -0.385. The lowest BCUT2D eigenvalue weighted by Gasteiger charge is -2.24. The number of aromatic nitrogens is 2. The van der Waals surface area contributed by atoms with Gasteiger partial charge in [-0.3, -0.25) is 20.2 Å². The Morgan fingerprint density at radius 3 is 1.51 bits per heavy atom. The molecule has 0 saturated heterocycles. The maximum absolute atomic E-state index is 13.6. The molecule has 0 spiro atoms. The van der Waals surface area contributed by atoms with Gasteiger partial charge >= 0.3 is 0 Å². The highest BCUT2D eigenvalue weighted by Crippen LogP contribution is 2.39. The summed E-state index contributed by atoms with van der Waals surface area (Å²) in [6.07, 6.45) is 0.834. The average Bonchev–Trinajstić information content (AvgIpc) is 2.83. The van der Waals surface area contributed by atoms with Gasteiger partial charge in [0, 0.05) is 24.3 Å². The fourth-order valence-electron chi connectivity index (χ4n) is 2.83. The van der Waals surface area contributed by atoms with E-state index in [9.17, 15) is 37.1 Å². The van der Waals surface area contributed by atoms with Gasteiger partial charge in [-0.05, 0) is 24.3 Å². The third kappa shape index (κ3) is 4.66. The summed E-state index contributed by atoms with van der Waals surface area (Å²) in [5, 5.41) is 21.9. The normalized spacial score (nSPS) is 11.5. The van der Waals surface area contributed by atoms with E-state index in [1.165, 1.54) is 7.11 Å². The van der Waals surface area contributed by atoms with Gasteiger partial charge in [-0.1, -0.05) is 0 Å². The van der Waals surface area contributed by atoms with Crippen LogP contribution in [-0.2, 0) is 20.0 Å². The predicted octanol–water partition coefficient (Wildman–Crippen LogP) is 1.89. The van der Waals surface area contributed by atoms with E-state index in [4.69, 9.17) is 9.47 Å². The van der Waals surface area contributed by atoms with Crippen LogP contribution >= 0.6 is 0 Å². The largest absolute Gasteiger partial charge is 0.489 e. The van der Waals surface area contributed by atoms with Crippen LogP contribution in [0.5, 0.6) is 11.6 Å². The van der Waals surface area contributed by atoms with E-state index in [-0.39, 0.29) is 9.59 Å². The van der Waals surface area contributed by atoms with Crippen molar-refractivity contribution in [1.29, 1.82) is 0 Å². The van der Waals surface area contributed by atoms with E-state index in [1.54, 1.807) is 0 Å². The summed E-state index contributed by atoms with van der Waals surface area (Å²) in [6, 6.07) is 6.88. The fourth-order valence-corrected chi connectivity index (χ4v) is 6.44. The molecule has 3 aromatic rings. The Morgan fingerprint density at radius 1 is 0.743 bits per heavy atom. The van der Waals surface area contributed by atoms with Crippen LogP contribution in [0.2, 0.25) is 0 Å². The van der Waals surface area contributed by atoms with E-state index in [2.05, 4.69) is 9.97 Å². The number of nitro groups is 2. The quantitative estimate of drug-likeness (QED) is 0.290. The smallest absolute Gasteiger partial charge is 0.279 e. The second-order valence-electron chi connectivity index (χ2n) is 6.45. The molecule has 184 valence electrons.